The van der Waals surface area contributed by atoms with Crippen molar-refractivity contribution in [2.24, 2.45) is 0 Å². The second-order valence-electron chi connectivity index (χ2n) is 6.43. The number of hydrogen-bond acceptors (Lipinski definition) is 6. The molecule has 27 heavy (non-hydrogen) atoms. The van der Waals surface area contributed by atoms with Crippen molar-refractivity contribution < 1.29 is 14.3 Å². The van der Waals surface area contributed by atoms with Crippen molar-refractivity contribution in [1.29, 1.82) is 0 Å². The molecule has 1 aliphatic heterocycles. The summed E-state index contributed by atoms with van der Waals surface area (Å²) in [5.41, 5.74) is 2.98. The summed E-state index contributed by atoms with van der Waals surface area (Å²) < 4.78 is 8.69. The van der Waals surface area contributed by atoms with Gasteiger partial charge in [0, 0.05) is 23.2 Å². The van der Waals surface area contributed by atoms with E-state index < -0.39 is 5.97 Å². The van der Waals surface area contributed by atoms with E-state index in [9.17, 15) is 9.59 Å². The lowest BCUT2D eigenvalue weighted by Crippen LogP contribution is -2.55. The van der Waals surface area contributed by atoms with Crippen LogP contribution in [-0.2, 0) is 4.74 Å². The average molecular weight is 385 g/mol. The van der Waals surface area contributed by atoms with Gasteiger partial charge in [-0.2, -0.15) is 0 Å². The molecule has 0 spiro atoms. The summed E-state index contributed by atoms with van der Waals surface area (Å²) in [6.45, 7) is 4.93. The van der Waals surface area contributed by atoms with Crippen LogP contribution in [0.5, 0.6) is 0 Å². The zero-order chi connectivity index (χ0) is 19.2. The summed E-state index contributed by atoms with van der Waals surface area (Å²) in [5.74, 6) is 0.534. The molecule has 0 radical (unpaired) electrons. The maximum atomic E-state index is 12.6. The molecular formula is C20H23N3O3S. The zero-order valence-electron chi connectivity index (χ0n) is 15.5. The highest BCUT2D eigenvalue weighted by molar-refractivity contribution is 8.00. The van der Waals surface area contributed by atoms with Crippen LogP contribution in [0.1, 0.15) is 39.8 Å². The number of benzene rings is 1. The molecule has 1 saturated heterocycles. The van der Waals surface area contributed by atoms with Crippen LogP contribution in [0.3, 0.4) is 0 Å². The van der Waals surface area contributed by atoms with Gasteiger partial charge in [0.25, 0.3) is 5.91 Å². The lowest BCUT2D eigenvalue weighted by Gasteiger charge is -2.38. The van der Waals surface area contributed by atoms with E-state index in [1.165, 1.54) is 0 Å². The Labute approximate surface area is 163 Å². The fourth-order valence-electron chi connectivity index (χ4n) is 2.70. The Kier molecular flexibility index (Phi) is 6.34. The Morgan fingerprint density at radius 1 is 1.30 bits per heavy atom. The number of carbonyl (C=O) groups excluding carboxylic acids is 2. The van der Waals surface area contributed by atoms with Crippen LogP contribution in [0.15, 0.2) is 42.6 Å². The molecule has 1 aromatic carbocycles. The molecule has 0 aliphatic carbocycles. The third-order valence-electron chi connectivity index (χ3n) is 4.24. The van der Waals surface area contributed by atoms with Crippen LogP contribution < -0.4 is 4.72 Å². The molecule has 1 fully saturated rings. The molecule has 0 bridgehead atoms. The summed E-state index contributed by atoms with van der Waals surface area (Å²) in [7, 11) is 0. The lowest BCUT2D eigenvalue weighted by atomic mass is 10.1. The summed E-state index contributed by atoms with van der Waals surface area (Å²) in [5, 5.41) is 0. The molecule has 0 atom stereocenters. The lowest BCUT2D eigenvalue weighted by molar-refractivity contribution is -0.0238. The normalized spacial score (nSPS) is 13.8. The zero-order valence-corrected chi connectivity index (χ0v) is 16.3. The number of pyridine rings is 1. The van der Waals surface area contributed by atoms with Gasteiger partial charge in [-0.15, -0.1) is 0 Å². The Hall–Kier alpha value is -2.54. The highest BCUT2D eigenvalue weighted by Gasteiger charge is 2.34. The standard InChI is InChI=1S/C20H23N3O3S/c1-3-10-27-22-17-8-7-15(11-14(17)2)19(24)23-12-16(13-23)26-20(25)18-6-4-5-9-21-18/h4-9,11,16,22H,3,10,12-13H2,1-2H3. The molecule has 2 heterocycles. The minimum Gasteiger partial charge on any atom is -0.454 e. The molecular weight excluding hydrogens is 362 g/mol. The number of esters is 1. The fraction of sp³-hybridized carbons (Fsp3) is 0.350. The van der Waals surface area contributed by atoms with Crippen molar-refractivity contribution in [2.75, 3.05) is 23.6 Å². The monoisotopic (exact) mass is 385 g/mol. The van der Waals surface area contributed by atoms with Gasteiger partial charge in [0.2, 0.25) is 0 Å². The maximum Gasteiger partial charge on any atom is 0.357 e. The summed E-state index contributed by atoms with van der Waals surface area (Å²) >= 11 is 1.66. The summed E-state index contributed by atoms with van der Waals surface area (Å²) in [4.78, 5) is 30.2. The van der Waals surface area contributed by atoms with Crippen LogP contribution in [0, 0.1) is 6.92 Å². The second-order valence-corrected chi connectivity index (χ2v) is 7.33. The first-order valence-corrected chi connectivity index (χ1v) is 9.96. The fourth-order valence-corrected chi connectivity index (χ4v) is 3.39. The molecule has 6 nitrogen and oxygen atoms in total. The van der Waals surface area contributed by atoms with Crippen LogP contribution in [0.4, 0.5) is 5.69 Å². The van der Waals surface area contributed by atoms with E-state index in [0.29, 0.717) is 18.7 Å². The Balaban J connectivity index is 1.51. The third kappa shape index (κ3) is 4.80. The summed E-state index contributed by atoms with van der Waals surface area (Å²) in [6, 6.07) is 10.8. The molecule has 0 saturated carbocycles. The number of anilines is 1. The van der Waals surface area contributed by atoms with Crippen molar-refractivity contribution in [2.45, 2.75) is 26.4 Å². The molecule has 0 unspecified atom stereocenters. The number of carbonyl (C=O) groups is 2. The van der Waals surface area contributed by atoms with Crippen LogP contribution in [-0.4, -0.2) is 46.7 Å². The average Bonchev–Trinajstić information content (AvgIpc) is 2.65. The van der Waals surface area contributed by atoms with E-state index in [1.807, 2.05) is 25.1 Å². The number of likely N-dealkylation sites (tertiary alicyclic amines) is 1. The first-order valence-electron chi connectivity index (χ1n) is 8.98. The van der Waals surface area contributed by atoms with E-state index in [2.05, 4.69) is 16.6 Å². The van der Waals surface area contributed by atoms with Gasteiger partial charge in [-0.1, -0.05) is 24.9 Å². The molecule has 7 heteroatoms. The number of nitrogens with one attached hydrogen (secondary N) is 1. The molecule has 1 N–H and O–H groups in total. The van der Waals surface area contributed by atoms with Gasteiger partial charge in [0.1, 0.15) is 11.8 Å². The molecule has 3 rings (SSSR count). The van der Waals surface area contributed by atoms with Crippen LogP contribution in [0.25, 0.3) is 0 Å². The first-order chi connectivity index (χ1) is 13.1. The molecule has 142 valence electrons. The topological polar surface area (TPSA) is 71.5 Å². The molecule has 1 amide bonds. The number of aromatic nitrogens is 1. The highest BCUT2D eigenvalue weighted by Crippen LogP contribution is 2.23. The van der Waals surface area contributed by atoms with E-state index in [-0.39, 0.29) is 17.7 Å². The number of amides is 1. The van der Waals surface area contributed by atoms with Gasteiger partial charge < -0.3 is 14.4 Å². The Morgan fingerprint density at radius 3 is 2.78 bits per heavy atom. The quantitative estimate of drug-likeness (QED) is 0.447. The smallest absolute Gasteiger partial charge is 0.357 e. The predicted molar refractivity (Wildman–Crippen MR) is 107 cm³/mol. The van der Waals surface area contributed by atoms with Crippen LogP contribution in [0.2, 0.25) is 0 Å². The minimum absolute atomic E-state index is 0.0454. The van der Waals surface area contributed by atoms with Gasteiger partial charge in [-0.3, -0.25) is 4.79 Å². The Bertz CT molecular complexity index is 807. The Morgan fingerprint density at radius 2 is 2.11 bits per heavy atom. The molecule has 1 aromatic heterocycles. The van der Waals surface area contributed by atoms with E-state index >= 15 is 0 Å². The highest BCUT2D eigenvalue weighted by atomic mass is 32.2. The van der Waals surface area contributed by atoms with Crippen molar-refractivity contribution in [1.82, 2.24) is 9.88 Å². The van der Waals surface area contributed by atoms with Gasteiger partial charge in [0.05, 0.1) is 13.1 Å². The number of aryl methyl sites for hydroxylation is 1. The van der Waals surface area contributed by atoms with E-state index in [1.54, 1.807) is 41.2 Å². The minimum atomic E-state index is -0.455. The van der Waals surface area contributed by atoms with E-state index in [4.69, 9.17) is 4.74 Å². The maximum absolute atomic E-state index is 12.6. The predicted octanol–water partition coefficient (Wildman–Crippen LogP) is 3.54. The molecule has 2 aromatic rings. The number of rotatable bonds is 7. The van der Waals surface area contributed by atoms with Gasteiger partial charge in [0.15, 0.2) is 0 Å². The van der Waals surface area contributed by atoms with Crippen molar-refractivity contribution in [3.05, 3.63) is 59.4 Å². The number of nitrogens with zero attached hydrogens (tertiary/aromatic N) is 2. The van der Waals surface area contributed by atoms with Crippen molar-refractivity contribution in [3.63, 3.8) is 0 Å². The van der Waals surface area contributed by atoms with Gasteiger partial charge >= 0.3 is 5.97 Å². The van der Waals surface area contributed by atoms with Gasteiger partial charge in [-0.05, 0) is 49.2 Å². The van der Waals surface area contributed by atoms with Crippen molar-refractivity contribution >= 4 is 29.5 Å². The van der Waals surface area contributed by atoms with E-state index in [0.717, 1.165) is 23.4 Å². The SMILES string of the molecule is CCCSNc1ccc(C(=O)N2CC(OC(=O)c3ccccn3)C2)cc1C. The van der Waals surface area contributed by atoms with Gasteiger partial charge in [-0.25, -0.2) is 9.78 Å². The second kappa shape index (κ2) is 8.90. The third-order valence-corrected chi connectivity index (χ3v) is 5.22. The first kappa shape index (κ1) is 19.2. The largest absolute Gasteiger partial charge is 0.454 e. The number of ether oxygens (including phenoxy) is 1. The van der Waals surface area contributed by atoms with Crippen LogP contribution >= 0.6 is 11.9 Å². The number of hydrogen-bond donors (Lipinski definition) is 1. The van der Waals surface area contributed by atoms with Crippen molar-refractivity contribution in [3.8, 4) is 0 Å². The summed E-state index contributed by atoms with van der Waals surface area (Å²) in [6.07, 6.45) is 2.37. The molecule has 1 aliphatic rings.